The Morgan fingerprint density at radius 2 is 1.69 bits per heavy atom. The van der Waals surface area contributed by atoms with Gasteiger partial charge in [-0.1, -0.05) is 32.0 Å². The number of aliphatic carboxylic acids is 1. The van der Waals surface area contributed by atoms with E-state index in [1.165, 1.54) is 12.1 Å². The third kappa shape index (κ3) is 11.1. The van der Waals surface area contributed by atoms with E-state index >= 15 is 0 Å². The highest BCUT2D eigenvalue weighted by molar-refractivity contribution is 5.74. The highest BCUT2D eigenvalue weighted by atomic mass is 19.4. The Hall–Kier alpha value is -3.41. The Kier molecular flexibility index (Phi) is 12.0. The van der Waals surface area contributed by atoms with Crippen molar-refractivity contribution in [1.82, 2.24) is 15.1 Å². The number of alkyl halides is 3. The first kappa shape index (κ1) is 31.8. The maximum Gasteiger partial charge on any atom is 0.490 e. The van der Waals surface area contributed by atoms with Gasteiger partial charge >= 0.3 is 18.2 Å². The van der Waals surface area contributed by atoms with Crippen molar-refractivity contribution >= 4 is 12.0 Å². The fourth-order valence-corrected chi connectivity index (χ4v) is 3.75. The van der Waals surface area contributed by atoms with Crippen LogP contribution in [0.3, 0.4) is 0 Å². The zero-order chi connectivity index (χ0) is 29.2. The molecule has 216 valence electrons. The van der Waals surface area contributed by atoms with Crippen LogP contribution in [-0.2, 0) is 17.9 Å². The van der Waals surface area contributed by atoms with Gasteiger partial charge in [0.2, 0.25) is 0 Å². The Bertz CT molecular complexity index is 1070. The second-order valence-corrected chi connectivity index (χ2v) is 9.71. The van der Waals surface area contributed by atoms with Crippen LogP contribution in [0.2, 0.25) is 0 Å². The second kappa shape index (κ2) is 14.7. The fraction of sp³-hybridized carbons (Fsp3) is 0.481. The topological polar surface area (TPSA) is 82.1 Å². The number of carboxylic acid groups (broad SMARTS) is 1. The minimum Gasteiger partial charge on any atom is -0.493 e. The van der Waals surface area contributed by atoms with Crippen molar-refractivity contribution in [3.05, 3.63) is 65.2 Å². The molecule has 12 heteroatoms. The number of benzene rings is 2. The number of piperidine rings is 1. The molecule has 2 N–H and O–H groups in total. The van der Waals surface area contributed by atoms with Gasteiger partial charge in [-0.3, -0.25) is 0 Å². The standard InChI is InChI=1S/C25H33F2N3O2.C2HF3O2/c1-18(2)17-32-23-8-4-19(5-9-23)15-28-25(31)30(22-10-12-29(3)13-11-22)16-20-6-7-21(26)14-24(20)27;3-2(4,5)1(6)7/h4-9,14,18,22H,10-13,15-17H2,1-3H3,(H,28,31);(H,6,7). The molecule has 7 nitrogen and oxygen atoms in total. The van der Waals surface area contributed by atoms with Crippen LogP contribution in [-0.4, -0.2) is 65.9 Å². The smallest absolute Gasteiger partial charge is 0.490 e. The SMILES string of the molecule is CC(C)COc1ccc(CNC(=O)N(Cc2ccc(F)cc2F)C2CCN(C)CC2)cc1.O=C(O)C(F)(F)F. The van der Waals surface area contributed by atoms with Crippen LogP contribution in [0.5, 0.6) is 5.75 Å². The summed E-state index contributed by atoms with van der Waals surface area (Å²) in [6.07, 6.45) is -3.46. The van der Waals surface area contributed by atoms with Crippen LogP contribution < -0.4 is 10.1 Å². The van der Waals surface area contributed by atoms with Crippen molar-refractivity contribution in [3.63, 3.8) is 0 Å². The number of carbonyl (C=O) groups is 2. The van der Waals surface area contributed by atoms with Gasteiger partial charge in [-0.2, -0.15) is 13.2 Å². The molecule has 39 heavy (non-hydrogen) atoms. The van der Waals surface area contributed by atoms with Gasteiger partial charge in [0.25, 0.3) is 0 Å². The van der Waals surface area contributed by atoms with E-state index < -0.39 is 23.8 Å². The molecule has 0 aromatic heterocycles. The number of carboxylic acids is 1. The van der Waals surface area contributed by atoms with Gasteiger partial charge in [-0.15, -0.1) is 0 Å². The number of rotatable bonds is 8. The zero-order valence-electron chi connectivity index (χ0n) is 22.1. The molecule has 0 spiro atoms. The number of likely N-dealkylation sites (tertiary alicyclic amines) is 1. The molecule has 0 saturated carbocycles. The van der Waals surface area contributed by atoms with E-state index in [0.29, 0.717) is 24.6 Å². The zero-order valence-corrected chi connectivity index (χ0v) is 22.1. The van der Waals surface area contributed by atoms with Crippen LogP contribution in [0.25, 0.3) is 0 Å². The molecular formula is C27H34F5N3O4. The molecule has 1 heterocycles. The summed E-state index contributed by atoms with van der Waals surface area (Å²) in [5, 5.41) is 10.1. The van der Waals surface area contributed by atoms with Crippen LogP contribution in [0, 0.1) is 17.6 Å². The molecule has 0 radical (unpaired) electrons. The van der Waals surface area contributed by atoms with Gasteiger partial charge in [-0.25, -0.2) is 18.4 Å². The summed E-state index contributed by atoms with van der Waals surface area (Å²) in [6, 6.07) is 10.9. The number of halogens is 5. The molecule has 2 aromatic carbocycles. The van der Waals surface area contributed by atoms with Crippen molar-refractivity contribution in [1.29, 1.82) is 0 Å². The summed E-state index contributed by atoms with van der Waals surface area (Å²) in [7, 11) is 2.05. The first-order valence-corrected chi connectivity index (χ1v) is 12.4. The minimum absolute atomic E-state index is 0.00228. The monoisotopic (exact) mass is 559 g/mol. The second-order valence-electron chi connectivity index (χ2n) is 9.71. The average molecular weight is 560 g/mol. The number of ether oxygens (including phenoxy) is 1. The lowest BCUT2D eigenvalue weighted by atomic mass is 10.0. The number of amides is 2. The summed E-state index contributed by atoms with van der Waals surface area (Å²) >= 11 is 0. The van der Waals surface area contributed by atoms with Crippen molar-refractivity contribution in [2.45, 2.75) is 52.0 Å². The van der Waals surface area contributed by atoms with Crippen molar-refractivity contribution in [3.8, 4) is 5.75 Å². The van der Waals surface area contributed by atoms with Gasteiger partial charge in [0.05, 0.1) is 13.2 Å². The van der Waals surface area contributed by atoms with E-state index in [0.717, 1.165) is 43.3 Å². The first-order valence-electron chi connectivity index (χ1n) is 12.4. The number of urea groups is 1. The van der Waals surface area contributed by atoms with Gasteiger partial charge in [0.1, 0.15) is 17.4 Å². The van der Waals surface area contributed by atoms with Crippen LogP contribution in [0.1, 0.15) is 37.8 Å². The third-order valence-electron chi connectivity index (χ3n) is 5.94. The minimum atomic E-state index is -5.08. The Balaban J connectivity index is 0.000000673. The number of carbonyl (C=O) groups excluding carboxylic acids is 1. The molecule has 2 amide bonds. The lowest BCUT2D eigenvalue weighted by molar-refractivity contribution is -0.192. The summed E-state index contributed by atoms with van der Waals surface area (Å²) < 4.78 is 65.0. The van der Waals surface area contributed by atoms with E-state index in [2.05, 4.69) is 31.1 Å². The molecule has 1 saturated heterocycles. The molecule has 0 aliphatic carbocycles. The average Bonchev–Trinajstić information content (AvgIpc) is 2.86. The normalized spacial score (nSPS) is 14.4. The summed E-state index contributed by atoms with van der Waals surface area (Å²) in [4.78, 5) is 25.9. The highest BCUT2D eigenvalue weighted by Crippen LogP contribution is 2.21. The lowest BCUT2D eigenvalue weighted by Crippen LogP contribution is -2.49. The Labute approximate surface area is 224 Å². The Morgan fingerprint density at radius 1 is 1.10 bits per heavy atom. The molecular weight excluding hydrogens is 525 g/mol. The van der Waals surface area contributed by atoms with Gasteiger partial charge in [0, 0.05) is 24.2 Å². The van der Waals surface area contributed by atoms with Gasteiger partial charge < -0.3 is 25.0 Å². The molecule has 1 aliphatic heterocycles. The molecule has 0 atom stereocenters. The molecule has 0 unspecified atom stereocenters. The predicted molar refractivity (Wildman–Crippen MR) is 135 cm³/mol. The van der Waals surface area contributed by atoms with Gasteiger partial charge in [0.15, 0.2) is 0 Å². The molecule has 3 rings (SSSR count). The third-order valence-corrected chi connectivity index (χ3v) is 5.94. The summed E-state index contributed by atoms with van der Waals surface area (Å²) in [6.45, 7) is 7.06. The first-order chi connectivity index (χ1) is 18.3. The lowest BCUT2D eigenvalue weighted by Gasteiger charge is -2.37. The fourth-order valence-electron chi connectivity index (χ4n) is 3.75. The van der Waals surface area contributed by atoms with E-state index in [9.17, 15) is 26.7 Å². The maximum absolute atomic E-state index is 14.3. The van der Waals surface area contributed by atoms with Crippen molar-refractivity contribution in [2.75, 3.05) is 26.7 Å². The van der Waals surface area contributed by atoms with E-state index in [1.807, 2.05) is 24.3 Å². The predicted octanol–water partition coefficient (Wildman–Crippen LogP) is 5.44. The quantitative estimate of drug-likeness (QED) is 0.421. The number of nitrogens with zero attached hydrogens (tertiary/aromatic N) is 2. The van der Waals surface area contributed by atoms with Crippen molar-refractivity contribution < 1.29 is 41.4 Å². The molecule has 1 aliphatic rings. The number of hydrogen-bond acceptors (Lipinski definition) is 4. The van der Waals surface area contributed by atoms with Gasteiger partial charge in [-0.05, 0) is 62.7 Å². The van der Waals surface area contributed by atoms with E-state index in [-0.39, 0.29) is 18.6 Å². The number of hydrogen-bond donors (Lipinski definition) is 2. The largest absolute Gasteiger partial charge is 0.493 e. The van der Waals surface area contributed by atoms with E-state index in [1.54, 1.807) is 4.90 Å². The number of nitrogens with one attached hydrogen (secondary N) is 1. The van der Waals surface area contributed by atoms with Crippen molar-refractivity contribution in [2.24, 2.45) is 5.92 Å². The highest BCUT2D eigenvalue weighted by Gasteiger charge is 2.38. The molecule has 0 bridgehead atoms. The Morgan fingerprint density at radius 3 is 2.21 bits per heavy atom. The molecule has 1 fully saturated rings. The van der Waals surface area contributed by atoms with Crippen LogP contribution >= 0.6 is 0 Å². The van der Waals surface area contributed by atoms with Crippen LogP contribution in [0.4, 0.5) is 26.7 Å². The van der Waals surface area contributed by atoms with Crippen LogP contribution in [0.15, 0.2) is 42.5 Å². The summed E-state index contributed by atoms with van der Waals surface area (Å²) in [5.41, 5.74) is 1.26. The summed E-state index contributed by atoms with van der Waals surface area (Å²) in [5.74, 6) is -2.76. The maximum atomic E-state index is 14.3. The molecule has 2 aromatic rings. The van der Waals surface area contributed by atoms with E-state index in [4.69, 9.17) is 14.6 Å².